The molecule has 1 heterocycles. The van der Waals surface area contributed by atoms with Gasteiger partial charge in [-0.05, 0) is 36.5 Å². The molecular weight excluding hydrogens is 328 g/mol. The Morgan fingerprint density at radius 1 is 0.885 bits per heavy atom. The number of hydrogen-bond donors (Lipinski definition) is 0. The van der Waals surface area contributed by atoms with Crippen molar-refractivity contribution in [2.24, 2.45) is 5.92 Å². The van der Waals surface area contributed by atoms with Crippen molar-refractivity contribution in [2.45, 2.75) is 45.2 Å². The van der Waals surface area contributed by atoms with Gasteiger partial charge in [0.2, 0.25) is 5.75 Å². The fourth-order valence-corrected chi connectivity index (χ4v) is 4.58. The highest BCUT2D eigenvalue weighted by Crippen LogP contribution is 2.38. The van der Waals surface area contributed by atoms with E-state index in [4.69, 9.17) is 14.2 Å². The lowest BCUT2D eigenvalue weighted by atomic mass is 9.84. The molecule has 0 aromatic heterocycles. The molecule has 2 atom stereocenters. The summed E-state index contributed by atoms with van der Waals surface area (Å²) in [5, 5.41) is 0. The van der Waals surface area contributed by atoms with Crippen LogP contribution in [0, 0.1) is 5.92 Å². The lowest BCUT2D eigenvalue weighted by Gasteiger charge is -2.43. The minimum Gasteiger partial charge on any atom is -0.493 e. The van der Waals surface area contributed by atoms with Crippen molar-refractivity contribution in [3.8, 4) is 17.2 Å². The molecule has 1 aliphatic carbocycles. The van der Waals surface area contributed by atoms with E-state index < -0.39 is 0 Å². The largest absolute Gasteiger partial charge is 0.493 e. The monoisotopic (exact) mass is 362 g/mol. The Morgan fingerprint density at radius 3 is 2.04 bits per heavy atom. The molecular formula is C21H34N2O3. The first-order chi connectivity index (χ1) is 12.7. The highest BCUT2D eigenvalue weighted by atomic mass is 16.5. The minimum absolute atomic E-state index is 0.662. The van der Waals surface area contributed by atoms with Gasteiger partial charge < -0.3 is 14.2 Å². The van der Waals surface area contributed by atoms with Gasteiger partial charge in [0, 0.05) is 38.8 Å². The predicted octanol–water partition coefficient (Wildman–Crippen LogP) is 3.41. The van der Waals surface area contributed by atoms with Gasteiger partial charge >= 0.3 is 0 Å². The Labute approximate surface area is 158 Å². The lowest BCUT2D eigenvalue weighted by molar-refractivity contribution is 0.0517. The van der Waals surface area contributed by atoms with Crippen molar-refractivity contribution in [3.63, 3.8) is 0 Å². The van der Waals surface area contributed by atoms with Crippen molar-refractivity contribution >= 4 is 0 Å². The fourth-order valence-electron chi connectivity index (χ4n) is 4.58. The van der Waals surface area contributed by atoms with Crippen LogP contribution in [0.5, 0.6) is 17.2 Å². The first kappa shape index (κ1) is 19.3. The Morgan fingerprint density at radius 2 is 1.50 bits per heavy atom. The van der Waals surface area contributed by atoms with Crippen LogP contribution in [0.3, 0.4) is 0 Å². The zero-order chi connectivity index (χ0) is 18.5. The standard InChI is InChI=1S/C21H34N2O3/c1-16-7-5-6-8-18(16)23-11-9-22(10-12-23)15-17-13-19(24-2)21(26-4)20(14-17)25-3/h13-14,16,18H,5-12,15H2,1-4H3/t16-,18+/m1/s1. The molecule has 0 unspecified atom stereocenters. The number of hydrogen-bond acceptors (Lipinski definition) is 5. The molecule has 1 saturated carbocycles. The van der Waals surface area contributed by atoms with Gasteiger partial charge in [0.05, 0.1) is 21.3 Å². The van der Waals surface area contributed by atoms with E-state index >= 15 is 0 Å². The van der Waals surface area contributed by atoms with E-state index in [2.05, 4.69) is 28.9 Å². The van der Waals surface area contributed by atoms with Crippen LogP contribution in [0.1, 0.15) is 38.2 Å². The van der Waals surface area contributed by atoms with Crippen LogP contribution in [-0.4, -0.2) is 63.4 Å². The second kappa shape index (κ2) is 8.96. The fraction of sp³-hybridized carbons (Fsp3) is 0.714. The zero-order valence-corrected chi connectivity index (χ0v) is 16.8. The van der Waals surface area contributed by atoms with E-state index in [1.165, 1.54) is 44.3 Å². The number of rotatable bonds is 6. The molecule has 2 fully saturated rings. The third kappa shape index (κ3) is 4.26. The van der Waals surface area contributed by atoms with Crippen LogP contribution >= 0.6 is 0 Å². The van der Waals surface area contributed by atoms with E-state index in [0.29, 0.717) is 5.75 Å². The summed E-state index contributed by atoms with van der Waals surface area (Å²) in [4.78, 5) is 5.26. The third-order valence-electron chi connectivity index (χ3n) is 6.07. The van der Waals surface area contributed by atoms with E-state index in [1.54, 1.807) is 21.3 Å². The molecule has 0 spiro atoms. The minimum atomic E-state index is 0.662. The molecule has 0 bridgehead atoms. The molecule has 146 valence electrons. The van der Waals surface area contributed by atoms with E-state index in [0.717, 1.165) is 43.1 Å². The first-order valence-electron chi connectivity index (χ1n) is 9.91. The molecule has 26 heavy (non-hydrogen) atoms. The third-order valence-corrected chi connectivity index (χ3v) is 6.07. The molecule has 0 radical (unpaired) electrons. The number of nitrogens with zero attached hydrogens (tertiary/aromatic N) is 2. The maximum absolute atomic E-state index is 5.48. The second-order valence-corrected chi connectivity index (χ2v) is 7.67. The number of ether oxygens (including phenoxy) is 3. The van der Waals surface area contributed by atoms with Gasteiger partial charge in [-0.3, -0.25) is 9.80 Å². The topological polar surface area (TPSA) is 34.2 Å². The second-order valence-electron chi connectivity index (χ2n) is 7.67. The van der Waals surface area contributed by atoms with E-state index in [9.17, 15) is 0 Å². The smallest absolute Gasteiger partial charge is 0.203 e. The SMILES string of the molecule is COc1cc(CN2CCN([C@H]3CCCC[C@H]3C)CC2)cc(OC)c1OC. The molecule has 2 aliphatic rings. The van der Waals surface area contributed by atoms with Crippen LogP contribution in [0.4, 0.5) is 0 Å². The summed E-state index contributed by atoms with van der Waals surface area (Å²) in [6.07, 6.45) is 5.60. The molecule has 0 N–H and O–H groups in total. The predicted molar refractivity (Wildman–Crippen MR) is 104 cm³/mol. The Kier molecular flexibility index (Phi) is 6.65. The molecule has 5 heteroatoms. The van der Waals surface area contributed by atoms with Crippen LogP contribution in [0.25, 0.3) is 0 Å². The summed E-state index contributed by atoms with van der Waals surface area (Å²) in [6.45, 7) is 7.97. The van der Waals surface area contributed by atoms with Crippen molar-refractivity contribution in [3.05, 3.63) is 17.7 Å². The van der Waals surface area contributed by atoms with Gasteiger partial charge in [-0.15, -0.1) is 0 Å². The van der Waals surface area contributed by atoms with Gasteiger partial charge in [-0.1, -0.05) is 19.8 Å². The number of methoxy groups -OCH3 is 3. The molecule has 1 saturated heterocycles. The van der Waals surface area contributed by atoms with Crippen LogP contribution in [-0.2, 0) is 6.54 Å². The number of benzene rings is 1. The van der Waals surface area contributed by atoms with Gasteiger partial charge in [-0.25, -0.2) is 0 Å². The summed E-state index contributed by atoms with van der Waals surface area (Å²) in [6, 6.07) is 4.93. The Balaban J connectivity index is 1.60. The molecule has 5 nitrogen and oxygen atoms in total. The van der Waals surface area contributed by atoms with Crippen molar-refractivity contribution < 1.29 is 14.2 Å². The summed E-state index contributed by atoms with van der Waals surface area (Å²) in [5.74, 6) is 2.98. The maximum atomic E-state index is 5.48. The zero-order valence-electron chi connectivity index (χ0n) is 16.8. The summed E-state index contributed by atoms with van der Waals surface area (Å²) in [5.41, 5.74) is 1.21. The summed E-state index contributed by atoms with van der Waals surface area (Å²) in [7, 11) is 4.99. The van der Waals surface area contributed by atoms with Crippen LogP contribution in [0.2, 0.25) is 0 Å². The lowest BCUT2D eigenvalue weighted by Crippen LogP contribution is -2.52. The average molecular weight is 363 g/mol. The molecule has 1 aromatic rings. The van der Waals surface area contributed by atoms with Gasteiger partial charge in [0.15, 0.2) is 11.5 Å². The normalized spacial score (nSPS) is 25.1. The molecule has 1 aliphatic heterocycles. The molecule has 3 rings (SSSR count). The van der Waals surface area contributed by atoms with Crippen molar-refractivity contribution in [1.29, 1.82) is 0 Å². The summed E-state index contributed by atoms with van der Waals surface area (Å²) >= 11 is 0. The van der Waals surface area contributed by atoms with E-state index in [1.807, 2.05) is 0 Å². The highest BCUT2D eigenvalue weighted by Gasteiger charge is 2.29. The Bertz CT molecular complexity index is 560. The van der Waals surface area contributed by atoms with Crippen LogP contribution in [0.15, 0.2) is 12.1 Å². The average Bonchev–Trinajstić information content (AvgIpc) is 2.68. The molecule has 1 aromatic carbocycles. The van der Waals surface area contributed by atoms with Gasteiger partial charge in [0.1, 0.15) is 0 Å². The van der Waals surface area contributed by atoms with Crippen molar-refractivity contribution in [2.75, 3.05) is 47.5 Å². The number of piperazine rings is 1. The maximum Gasteiger partial charge on any atom is 0.203 e. The van der Waals surface area contributed by atoms with Gasteiger partial charge in [-0.2, -0.15) is 0 Å². The van der Waals surface area contributed by atoms with E-state index in [-0.39, 0.29) is 0 Å². The first-order valence-corrected chi connectivity index (χ1v) is 9.91. The van der Waals surface area contributed by atoms with Crippen molar-refractivity contribution in [1.82, 2.24) is 9.80 Å². The molecule has 0 amide bonds. The Hall–Kier alpha value is -1.46. The van der Waals surface area contributed by atoms with Crippen LogP contribution < -0.4 is 14.2 Å². The quantitative estimate of drug-likeness (QED) is 0.775. The highest BCUT2D eigenvalue weighted by molar-refractivity contribution is 5.53. The summed E-state index contributed by atoms with van der Waals surface area (Å²) < 4.78 is 16.4. The van der Waals surface area contributed by atoms with Gasteiger partial charge in [0.25, 0.3) is 0 Å².